The summed E-state index contributed by atoms with van der Waals surface area (Å²) < 4.78 is 0. The number of hydrogen-bond donors (Lipinski definition) is 1. The average Bonchev–Trinajstić information content (AvgIpc) is 1.90. The van der Waals surface area contributed by atoms with Gasteiger partial charge in [0, 0.05) is 5.38 Å². The quantitative estimate of drug-likeness (QED) is 0.516. The number of halogens is 1. The Morgan fingerprint density at radius 1 is 1.36 bits per heavy atom. The second kappa shape index (κ2) is 12.4. The fourth-order valence-corrected chi connectivity index (χ4v) is 0.710. The van der Waals surface area contributed by atoms with Gasteiger partial charge in [-0.15, -0.1) is 24.8 Å². The van der Waals surface area contributed by atoms with Crippen molar-refractivity contribution < 1.29 is 0 Å². The third-order valence-corrected chi connectivity index (χ3v) is 1.20. The van der Waals surface area contributed by atoms with Gasteiger partial charge in [0.05, 0.1) is 0 Å². The Morgan fingerprint density at radius 2 is 1.64 bits per heavy atom. The third-order valence-electron chi connectivity index (χ3n) is 0.845. The molecule has 0 unspecified atom stereocenters. The van der Waals surface area contributed by atoms with E-state index in [1.54, 1.807) is 0 Å². The van der Waals surface area contributed by atoms with E-state index in [4.69, 9.17) is 17.3 Å². The van der Waals surface area contributed by atoms with Crippen LogP contribution in [0.4, 0.5) is 0 Å². The van der Waals surface area contributed by atoms with E-state index in [-0.39, 0.29) is 5.38 Å². The van der Waals surface area contributed by atoms with E-state index in [2.05, 4.69) is 13.2 Å². The van der Waals surface area contributed by atoms with Crippen molar-refractivity contribution in [2.45, 2.75) is 25.1 Å². The summed E-state index contributed by atoms with van der Waals surface area (Å²) in [6, 6.07) is 0. The molecule has 11 heavy (non-hydrogen) atoms. The van der Waals surface area contributed by atoms with Crippen molar-refractivity contribution >= 4 is 11.6 Å². The number of allylic oxidation sites excluding steroid dienone is 2. The van der Waals surface area contributed by atoms with Gasteiger partial charge in [0.2, 0.25) is 0 Å². The molecule has 0 bridgehead atoms. The second-order valence-electron chi connectivity index (χ2n) is 2.05. The molecular weight excluding hydrogens is 158 g/mol. The highest BCUT2D eigenvalue weighted by atomic mass is 35.5. The lowest BCUT2D eigenvalue weighted by atomic mass is 10.2. The number of alkyl halides is 1. The summed E-state index contributed by atoms with van der Waals surface area (Å²) in [5.41, 5.74) is 4.85. The summed E-state index contributed by atoms with van der Waals surface area (Å²) >= 11 is 5.74. The highest BCUT2D eigenvalue weighted by Gasteiger charge is 1.95. The summed E-state index contributed by atoms with van der Waals surface area (Å²) in [6.07, 6.45) is 5.38. The van der Waals surface area contributed by atoms with E-state index in [0.717, 1.165) is 19.4 Å². The summed E-state index contributed by atoms with van der Waals surface area (Å²) in [4.78, 5) is 0. The molecule has 2 heteroatoms. The molecule has 0 radical (unpaired) electrons. The molecule has 66 valence electrons. The van der Waals surface area contributed by atoms with Crippen molar-refractivity contribution in [1.82, 2.24) is 0 Å². The highest BCUT2D eigenvalue weighted by Crippen LogP contribution is 2.06. The lowest BCUT2D eigenvalue weighted by Crippen LogP contribution is -1.91. The molecule has 0 saturated carbocycles. The molecule has 0 aliphatic rings. The van der Waals surface area contributed by atoms with Gasteiger partial charge >= 0.3 is 0 Å². The molecule has 0 saturated heterocycles. The maximum Gasteiger partial charge on any atom is 0.0404 e. The predicted molar refractivity (Wildman–Crippen MR) is 54.0 cm³/mol. The Bertz CT molecular complexity index is 81.6. The molecule has 0 aliphatic carbocycles. The van der Waals surface area contributed by atoms with Crippen LogP contribution in [0.3, 0.4) is 0 Å². The first-order chi connectivity index (χ1) is 5.22. The van der Waals surface area contributed by atoms with E-state index in [9.17, 15) is 0 Å². The average molecular weight is 176 g/mol. The zero-order chi connectivity index (χ0) is 9.11. The Labute approximate surface area is 74.9 Å². The van der Waals surface area contributed by atoms with E-state index in [1.807, 2.05) is 19.1 Å². The highest BCUT2D eigenvalue weighted by molar-refractivity contribution is 6.20. The van der Waals surface area contributed by atoms with E-state index in [0.29, 0.717) is 0 Å². The van der Waals surface area contributed by atoms with Gasteiger partial charge in [0.25, 0.3) is 0 Å². The van der Waals surface area contributed by atoms with Crippen molar-refractivity contribution in [3.63, 3.8) is 0 Å². The molecular formula is C9H18ClN. The first-order valence-electron chi connectivity index (χ1n) is 3.78. The van der Waals surface area contributed by atoms with Gasteiger partial charge in [-0.05, 0) is 19.4 Å². The van der Waals surface area contributed by atoms with Crippen LogP contribution in [0.15, 0.2) is 25.3 Å². The molecule has 0 aromatic carbocycles. The summed E-state index contributed by atoms with van der Waals surface area (Å²) in [6.45, 7) is 9.78. The fourth-order valence-electron chi connectivity index (χ4n) is 0.458. The molecule has 2 N–H and O–H groups in total. The van der Waals surface area contributed by atoms with Crippen LogP contribution in [0.5, 0.6) is 0 Å². The van der Waals surface area contributed by atoms with Crippen LogP contribution in [0.25, 0.3) is 0 Å². The van der Waals surface area contributed by atoms with Crippen molar-refractivity contribution in [2.24, 2.45) is 5.73 Å². The molecule has 0 spiro atoms. The standard InChI is InChI=1S/C7H11Cl.C2H7N/c1-3-5-7(8)6-4-2;1-2-3/h3-4,7H,1-2,5-6H2;2-3H2,1H3. The Kier molecular flexibility index (Phi) is 15.0. The van der Waals surface area contributed by atoms with Crippen LogP contribution >= 0.6 is 11.6 Å². The zero-order valence-electron chi connectivity index (χ0n) is 7.22. The van der Waals surface area contributed by atoms with E-state index >= 15 is 0 Å². The Hall–Kier alpha value is -0.270. The van der Waals surface area contributed by atoms with Crippen LogP contribution < -0.4 is 5.73 Å². The van der Waals surface area contributed by atoms with E-state index < -0.39 is 0 Å². The first-order valence-corrected chi connectivity index (χ1v) is 4.22. The molecule has 0 fully saturated rings. The zero-order valence-corrected chi connectivity index (χ0v) is 7.98. The molecule has 1 nitrogen and oxygen atoms in total. The smallest absolute Gasteiger partial charge is 0.0404 e. The SMILES string of the molecule is C=CCC(Cl)CC=C.CCN. The molecule has 0 aliphatic heterocycles. The van der Waals surface area contributed by atoms with Gasteiger partial charge < -0.3 is 5.73 Å². The number of hydrogen-bond acceptors (Lipinski definition) is 1. The van der Waals surface area contributed by atoms with Gasteiger partial charge in [-0.1, -0.05) is 19.1 Å². The van der Waals surface area contributed by atoms with Gasteiger partial charge in [-0.3, -0.25) is 0 Å². The summed E-state index contributed by atoms with van der Waals surface area (Å²) in [5.74, 6) is 0. The molecule has 0 aromatic heterocycles. The molecule has 0 rings (SSSR count). The second-order valence-corrected chi connectivity index (χ2v) is 2.67. The van der Waals surface area contributed by atoms with Gasteiger partial charge in [0.15, 0.2) is 0 Å². The lowest BCUT2D eigenvalue weighted by Gasteiger charge is -1.98. The van der Waals surface area contributed by atoms with Crippen LogP contribution in [0.1, 0.15) is 19.8 Å². The maximum absolute atomic E-state index is 5.74. The van der Waals surface area contributed by atoms with Gasteiger partial charge in [-0.25, -0.2) is 0 Å². The minimum atomic E-state index is 0.199. The van der Waals surface area contributed by atoms with Crippen LogP contribution in [0.2, 0.25) is 0 Å². The largest absolute Gasteiger partial charge is 0.331 e. The van der Waals surface area contributed by atoms with Crippen LogP contribution in [-0.4, -0.2) is 11.9 Å². The first kappa shape index (κ1) is 13.3. The summed E-state index contributed by atoms with van der Waals surface area (Å²) in [5, 5.41) is 0.199. The number of rotatable bonds is 4. The lowest BCUT2D eigenvalue weighted by molar-refractivity contribution is 0.882. The fraction of sp³-hybridized carbons (Fsp3) is 0.556. The Morgan fingerprint density at radius 3 is 1.82 bits per heavy atom. The van der Waals surface area contributed by atoms with Crippen molar-refractivity contribution in [2.75, 3.05) is 6.54 Å². The minimum Gasteiger partial charge on any atom is -0.331 e. The maximum atomic E-state index is 5.74. The topological polar surface area (TPSA) is 26.0 Å². The monoisotopic (exact) mass is 175 g/mol. The molecule has 0 amide bonds. The molecule has 0 aromatic rings. The van der Waals surface area contributed by atoms with Crippen molar-refractivity contribution in [3.05, 3.63) is 25.3 Å². The number of nitrogens with two attached hydrogens (primary N) is 1. The summed E-state index contributed by atoms with van der Waals surface area (Å²) in [7, 11) is 0. The normalized spacial score (nSPS) is 8.36. The van der Waals surface area contributed by atoms with E-state index in [1.165, 1.54) is 0 Å². The van der Waals surface area contributed by atoms with Gasteiger partial charge in [0.1, 0.15) is 0 Å². The predicted octanol–water partition coefficient (Wildman–Crippen LogP) is 2.71. The van der Waals surface area contributed by atoms with Crippen molar-refractivity contribution in [3.8, 4) is 0 Å². The molecule has 0 heterocycles. The minimum absolute atomic E-state index is 0.199. The van der Waals surface area contributed by atoms with Gasteiger partial charge in [-0.2, -0.15) is 0 Å². The van der Waals surface area contributed by atoms with Crippen LogP contribution in [-0.2, 0) is 0 Å². The third kappa shape index (κ3) is 17.7. The Balaban J connectivity index is 0. The molecule has 0 atom stereocenters. The van der Waals surface area contributed by atoms with Crippen LogP contribution in [0, 0.1) is 0 Å². The van der Waals surface area contributed by atoms with Crippen molar-refractivity contribution in [1.29, 1.82) is 0 Å².